The molecule has 0 amide bonds. The fourth-order valence-electron chi connectivity index (χ4n) is 1.35. The zero-order chi connectivity index (χ0) is 13.3. The third kappa shape index (κ3) is 2.49. The van der Waals surface area contributed by atoms with Crippen LogP contribution >= 0.6 is 11.3 Å². The van der Waals surface area contributed by atoms with Crippen molar-refractivity contribution < 1.29 is 8.42 Å². The van der Waals surface area contributed by atoms with E-state index >= 15 is 0 Å². The molecule has 0 aromatic carbocycles. The smallest absolute Gasteiger partial charge is 0.272 e. The monoisotopic (exact) mass is 288 g/mol. The van der Waals surface area contributed by atoms with Gasteiger partial charge in [0.25, 0.3) is 10.0 Å². The summed E-state index contributed by atoms with van der Waals surface area (Å²) in [6.45, 7) is 0.218. The van der Waals surface area contributed by atoms with Crippen molar-refractivity contribution in [2.45, 2.75) is 10.9 Å². The summed E-state index contributed by atoms with van der Waals surface area (Å²) in [4.78, 5) is 0. The maximum Gasteiger partial charge on any atom is 0.272 e. The molecule has 18 heavy (non-hydrogen) atoms. The molecule has 2 aromatic heterocycles. The number of anilines is 1. The highest BCUT2D eigenvalue weighted by molar-refractivity contribution is 7.91. The van der Waals surface area contributed by atoms with Crippen molar-refractivity contribution in [2.24, 2.45) is 7.05 Å². The number of nitrogens with zero attached hydrogens (tertiary/aromatic N) is 5. The fourth-order valence-corrected chi connectivity index (χ4v) is 3.48. The molecular weight excluding hydrogens is 276 g/mol. The van der Waals surface area contributed by atoms with Gasteiger partial charge in [0.05, 0.1) is 6.20 Å². The van der Waals surface area contributed by atoms with E-state index in [4.69, 9.17) is 5.73 Å². The molecule has 98 valence electrons. The molecule has 10 heteroatoms. The van der Waals surface area contributed by atoms with E-state index in [9.17, 15) is 8.42 Å². The van der Waals surface area contributed by atoms with Gasteiger partial charge in [-0.3, -0.25) is 4.68 Å². The van der Waals surface area contributed by atoms with Gasteiger partial charge in [0.2, 0.25) is 9.47 Å². The third-order valence-electron chi connectivity index (χ3n) is 2.22. The Morgan fingerprint density at radius 2 is 2.22 bits per heavy atom. The molecule has 0 radical (unpaired) electrons. The van der Waals surface area contributed by atoms with Gasteiger partial charge in [-0.2, -0.15) is 9.40 Å². The molecule has 0 atom stereocenters. The first kappa shape index (κ1) is 12.9. The molecule has 0 spiro atoms. The van der Waals surface area contributed by atoms with Crippen molar-refractivity contribution >= 4 is 26.5 Å². The lowest BCUT2D eigenvalue weighted by Crippen LogP contribution is -2.26. The molecule has 0 unspecified atom stereocenters. The van der Waals surface area contributed by atoms with Crippen molar-refractivity contribution in [3.63, 3.8) is 0 Å². The molecule has 0 aliphatic heterocycles. The topological polar surface area (TPSA) is 107 Å². The second-order valence-corrected chi connectivity index (χ2v) is 6.92. The Balaban J connectivity index is 2.20. The van der Waals surface area contributed by atoms with Gasteiger partial charge in [0, 0.05) is 32.4 Å². The highest BCUT2D eigenvalue weighted by Crippen LogP contribution is 2.21. The molecular formula is C8H12N6O2S2. The van der Waals surface area contributed by atoms with E-state index < -0.39 is 10.0 Å². The number of nitrogen functional groups attached to an aromatic ring is 1. The quantitative estimate of drug-likeness (QED) is 0.826. The van der Waals surface area contributed by atoms with Crippen molar-refractivity contribution in [1.82, 2.24) is 24.3 Å². The lowest BCUT2D eigenvalue weighted by atomic mass is 10.4. The van der Waals surface area contributed by atoms with Crippen molar-refractivity contribution in [1.29, 1.82) is 0 Å². The van der Waals surface area contributed by atoms with Crippen LogP contribution in [-0.4, -0.2) is 39.7 Å². The van der Waals surface area contributed by atoms with Crippen LogP contribution in [-0.2, 0) is 23.6 Å². The summed E-state index contributed by atoms with van der Waals surface area (Å²) in [5.74, 6) is 0. The van der Waals surface area contributed by atoms with Gasteiger partial charge >= 0.3 is 0 Å². The minimum Gasteiger partial charge on any atom is -0.374 e. The van der Waals surface area contributed by atoms with Gasteiger partial charge in [-0.05, 0) is 0 Å². The lowest BCUT2D eigenvalue weighted by Gasteiger charge is -2.13. The predicted octanol–water partition coefficient (Wildman–Crippen LogP) is -0.325. The fraction of sp³-hybridized carbons (Fsp3) is 0.375. The molecule has 0 aliphatic rings. The van der Waals surface area contributed by atoms with E-state index in [0.717, 1.165) is 16.9 Å². The number of rotatable bonds is 4. The summed E-state index contributed by atoms with van der Waals surface area (Å²) in [7, 11) is -0.406. The van der Waals surface area contributed by atoms with E-state index in [-0.39, 0.29) is 16.0 Å². The summed E-state index contributed by atoms with van der Waals surface area (Å²) in [5, 5.41) is 11.2. The predicted molar refractivity (Wildman–Crippen MR) is 66.2 cm³/mol. The molecule has 0 saturated carbocycles. The van der Waals surface area contributed by atoms with Crippen LogP contribution in [0.5, 0.6) is 0 Å². The number of nitrogens with two attached hydrogens (primary N) is 1. The molecule has 2 heterocycles. The third-order valence-corrected chi connectivity index (χ3v) is 5.12. The maximum absolute atomic E-state index is 12.1. The summed E-state index contributed by atoms with van der Waals surface area (Å²) < 4.78 is 26.9. The zero-order valence-electron chi connectivity index (χ0n) is 9.81. The summed E-state index contributed by atoms with van der Waals surface area (Å²) in [6, 6.07) is 0. The number of sulfonamides is 1. The van der Waals surface area contributed by atoms with Crippen molar-refractivity contribution in [3.05, 3.63) is 18.0 Å². The van der Waals surface area contributed by atoms with Gasteiger partial charge in [0.15, 0.2) is 0 Å². The first-order valence-corrected chi connectivity index (χ1v) is 7.18. The first-order chi connectivity index (χ1) is 8.39. The molecule has 0 bridgehead atoms. The van der Waals surface area contributed by atoms with Gasteiger partial charge in [0.1, 0.15) is 0 Å². The lowest BCUT2D eigenvalue weighted by molar-refractivity contribution is 0.465. The standard InChI is InChI=1S/C8H12N6O2S2/c1-13-4-6(3-10-13)5-14(2)18(15,16)8-12-11-7(9)17-8/h3-4H,5H2,1-2H3,(H2,9,11). The van der Waals surface area contributed by atoms with Crippen molar-refractivity contribution in [3.8, 4) is 0 Å². The van der Waals surface area contributed by atoms with Crippen LogP contribution in [0.1, 0.15) is 5.56 Å². The average molecular weight is 288 g/mol. The van der Waals surface area contributed by atoms with Crippen LogP contribution in [0, 0.1) is 0 Å². The van der Waals surface area contributed by atoms with E-state index in [2.05, 4.69) is 15.3 Å². The van der Waals surface area contributed by atoms with Crippen LogP contribution in [0.4, 0.5) is 5.13 Å². The largest absolute Gasteiger partial charge is 0.374 e. The minimum atomic E-state index is -3.65. The Morgan fingerprint density at radius 1 is 1.50 bits per heavy atom. The van der Waals surface area contributed by atoms with Gasteiger partial charge in [-0.15, -0.1) is 10.2 Å². The maximum atomic E-state index is 12.1. The Labute approximate surface area is 108 Å². The van der Waals surface area contributed by atoms with Crippen molar-refractivity contribution in [2.75, 3.05) is 12.8 Å². The Kier molecular flexibility index (Phi) is 3.32. The van der Waals surface area contributed by atoms with Crippen LogP contribution in [0.15, 0.2) is 16.7 Å². The van der Waals surface area contributed by atoms with Gasteiger partial charge < -0.3 is 5.73 Å². The SMILES string of the molecule is CN(Cc1cnn(C)c1)S(=O)(=O)c1nnc(N)s1. The van der Waals surface area contributed by atoms with Crippen LogP contribution in [0.25, 0.3) is 0 Å². The molecule has 0 fully saturated rings. The highest BCUT2D eigenvalue weighted by atomic mass is 32.2. The molecule has 0 saturated heterocycles. The highest BCUT2D eigenvalue weighted by Gasteiger charge is 2.25. The number of hydrogen-bond donors (Lipinski definition) is 1. The van der Waals surface area contributed by atoms with Crippen LogP contribution < -0.4 is 5.73 Å². The Bertz CT molecular complexity index is 646. The average Bonchev–Trinajstić information content (AvgIpc) is 2.88. The van der Waals surface area contributed by atoms with E-state index in [0.29, 0.717) is 0 Å². The minimum absolute atomic E-state index is 0.105. The van der Waals surface area contributed by atoms with E-state index in [1.165, 1.54) is 11.4 Å². The number of hydrogen-bond acceptors (Lipinski definition) is 7. The second-order valence-electron chi connectivity index (χ2n) is 3.69. The molecule has 2 aromatic rings. The van der Waals surface area contributed by atoms with Crippen LogP contribution in [0.2, 0.25) is 0 Å². The summed E-state index contributed by atoms with van der Waals surface area (Å²) in [6.07, 6.45) is 3.36. The molecule has 2 rings (SSSR count). The Morgan fingerprint density at radius 3 is 2.72 bits per heavy atom. The molecule has 2 N–H and O–H groups in total. The van der Waals surface area contributed by atoms with E-state index in [1.807, 2.05) is 0 Å². The first-order valence-electron chi connectivity index (χ1n) is 4.92. The van der Waals surface area contributed by atoms with E-state index in [1.54, 1.807) is 24.1 Å². The van der Waals surface area contributed by atoms with Crippen LogP contribution in [0.3, 0.4) is 0 Å². The number of aromatic nitrogens is 4. The molecule has 0 aliphatic carbocycles. The second kappa shape index (κ2) is 4.63. The van der Waals surface area contributed by atoms with Gasteiger partial charge in [-0.1, -0.05) is 11.3 Å². The number of aryl methyl sites for hydroxylation is 1. The summed E-state index contributed by atoms with van der Waals surface area (Å²) >= 11 is 0.844. The zero-order valence-corrected chi connectivity index (χ0v) is 11.4. The normalized spacial score (nSPS) is 12.2. The summed E-state index contributed by atoms with van der Waals surface area (Å²) in [5.41, 5.74) is 6.17. The van der Waals surface area contributed by atoms with Gasteiger partial charge in [-0.25, -0.2) is 8.42 Å². The Hall–Kier alpha value is -1.52. The molecule has 8 nitrogen and oxygen atoms in total.